The van der Waals surface area contributed by atoms with Crippen LogP contribution in [0.5, 0.6) is 23.0 Å². The Hall–Kier alpha value is -6.88. The first-order chi connectivity index (χ1) is 52.6. The number of hydrogen-bond donors (Lipinski definition) is 0. The first kappa shape index (κ1) is 86.0. The minimum absolute atomic E-state index is 0.0148. The predicted octanol–water partition coefficient (Wildman–Crippen LogP) is 19.4. The van der Waals surface area contributed by atoms with E-state index < -0.39 is 11.2 Å². The van der Waals surface area contributed by atoms with Gasteiger partial charge in [-0.05, 0) is 184 Å². The SMILES string of the molecule is Cc1c(Br)cc(C(=O)N2CC(C)(C)Oc3cnn(C)c32)cc1Br.Cc1c(Br)cc(C(=O)N2CCCc3cnn(C)c32)cc1Br.Cc1c(Cl)cc(C(=O)N2CCOc3cnn(C)c32)cc1Cl.Cc1nn(C)c2c1OC(C)(C)CN2C(=O)c1cc(Br)c(C)c(Br)c1.Cc1nn(C)c2c1O[C@@H](C)CN2C(=O)c1cc(Br)c(C)c(Br)c1. The van der Waals surface area contributed by atoms with Crippen LogP contribution in [-0.4, -0.2) is 135 Å². The van der Waals surface area contributed by atoms with Crippen LogP contribution in [0.25, 0.3) is 0 Å². The summed E-state index contributed by atoms with van der Waals surface area (Å²) in [6.45, 7) is 26.4. The Bertz CT molecular complexity index is 5180. The van der Waals surface area contributed by atoms with Crippen molar-refractivity contribution >= 4 is 209 Å². The second-order valence-electron chi connectivity index (χ2n) is 28.8. The van der Waals surface area contributed by atoms with Gasteiger partial charge in [0, 0.05) is 121 Å². The molecule has 5 aromatic carbocycles. The molecule has 0 saturated heterocycles. The summed E-state index contributed by atoms with van der Waals surface area (Å²) >= 11 is 40.3. The molecule has 0 radical (unpaired) electrons. The van der Waals surface area contributed by atoms with Crippen molar-refractivity contribution < 1.29 is 42.9 Å². The number of aryl methyl sites for hydroxylation is 8. The number of aromatic nitrogens is 10. The van der Waals surface area contributed by atoms with Gasteiger partial charge in [-0.15, -0.1) is 0 Å². The van der Waals surface area contributed by atoms with E-state index in [2.05, 4.69) is 153 Å². The molecule has 0 spiro atoms. The topological polar surface area (TPSA) is 228 Å². The van der Waals surface area contributed by atoms with E-state index in [1.54, 1.807) is 74.6 Å². The van der Waals surface area contributed by atoms with Gasteiger partial charge in [0.05, 0.1) is 44.8 Å². The van der Waals surface area contributed by atoms with Crippen LogP contribution < -0.4 is 43.4 Å². The third kappa shape index (κ3) is 18.0. The lowest BCUT2D eigenvalue weighted by atomic mass is 10.0. The van der Waals surface area contributed by atoms with E-state index in [1.807, 2.05) is 171 Å². The molecule has 0 saturated carbocycles. The predicted molar refractivity (Wildman–Crippen MR) is 465 cm³/mol. The normalized spacial score (nSPS) is 15.4. The number of amides is 5. The molecule has 0 aliphatic carbocycles. The highest BCUT2D eigenvalue weighted by Gasteiger charge is 2.42. The molecular weight excluding hydrogens is 2000 g/mol. The van der Waals surface area contributed by atoms with E-state index in [1.165, 1.54) is 0 Å². The quantitative estimate of drug-likeness (QED) is 0.156. The molecule has 5 aromatic heterocycles. The van der Waals surface area contributed by atoms with E-state index in [9.17, 15) is 24.0 Å². The Morgan fingerprint density at radius 1 is 0.420 bits per heavy atom. The first-order valence-electron chi connectivity index (χ1n) is 35.2. The van der Waals surface area contributed by atoms with Gasteiger partial charge in [-0.25, -0.2) is 18.7 Å². The summed E-state index contributed by atoms with van der Waals surface area (Å²) in [6.07, 6.45) is 6.98. The van der Waals surface area contributed by atoms with E-state index in [0.717, 1.165) is 106 Å². The Kier molecular flexibility index (Phi) is 26.5. The average Bonchev–Trinajstić information content (AvgIpc) is 1.55. The van der Waals surface area contributed by atoms with Gasteiger partial charge in [0.2, 0.25) is 0 Å². The van der Waals surface area contributed by atoms with E-state index in [0.29, 0.717) is 117 Å². The van der Waals surface area contributed by atoms with Crippen LogP contribution in [0, 0.1) is 48.5 Å². The number of ether oxygens (including phenoxy) is 4. The molecule has 0 fully saturated rings. The molecule has 34 heteroatoms. The van der Waals surface area contributed by atoms with Gasteiger partial charge in [0.25, 0.3) is 29.5 Å². The molecule has 15 rings (SSSR count). The number of benzene rings is 5. The lowest BCUT2D eigenvalue weighted by Crippen LogP contribution is -2.50. The van der Waals surface area contributed by atoms with E-state index in [-0.39, 0.29) is 35.6 Å². The Labute approximate surface area is 727 Å². The molecule has 24 nitrogen and oxygen atoms in total. The van der Waals surface area contributed by atoms with Crippen LogP contribution in [0.2, 0.25) is 10.0 Å². The maximum absolute atomic E-state index is 13.2. The van der Waals surface area contributed by atoms with Crippen molar-refractivity contribution in [1.82, 2.24) is 48.9 Å². The second-order valence-corrected chi connectivity index (χ2v) is 36.4. The molecule has 5 aliphatic heterocycles. The van der Waals surface area contributed by atoms with Crippen LogP contribution in [-0.2, 0) is 41.7 Å². The number of carbonyl (C=O) groups is 5. The van der Waals surface area contributed by atoms with Gasteiger partial charge in [-0.1, -0.05) is 151 Å². The molecule has 1 atom stereocenters. The monoisotopic (exact) mass is 2070 g/mol. The number of rotatable bonds is 5. The fraction of sp³-hybridized carbons (Fsp3) is 0.359. The summed E-state index contributed by atoms with van der Waals surface area (Å²) in [6, 6.07) is 18.1. The van der Waals surface area contributed by atoms with Crippen LogP contribution in [0.15, 0.2) is 115 Å². The van der Waals surface area contributed by atoms with Crippen LogP contribution in [0.3, 0.4) is 0 Å². The van der Waals surface area contributed by atoms with Gasteiger partial charge in [0.15, 0.2) is 46.3 Å². The maximum atomic E-state index is 13.2. The smallest absolute Gasteiger partial charge is 0.259 e. The minimum Gasteiger partial charge on any atom is -0.486 e. The highest BCUT2D eigenvalue weighted by atomic mass is 79.9. The molecule has 592 valence electrons. The maximum Gasteiger partial charge on any atom is 0.259 e. The zero-order valence-corrected chi connectivity index (χ0v) is 78.6. The molecule has 112 heavy (non-hydrogen) atoms. The minimum atomic E-state index is -0.477. The highest BCUT2D eigenvalue weighted by Crippen LogP contribution is 2.44. The Morgan fingerprint density at radius 3 is 1.22 bits per heavy atom. The molecule has 5 aliphatic rings. The zero-order chi connectivity index (χ0) is 81.9. The summed E-state index contributed by atoms with van der Waals surface area (Å²) < 4.78 is 39.1. The number of carbonyl (C=O) groups excluding carboxylic acids is 5. The average molecular weight is 2080 g/mol. The molecule has 0 unspecified atom stereocenters. The molecule has 5 amide bonds. The number of hydrogen-bond acceptors (Lipinski definition) is 14. The first-order valence-corrected chi connectivity index (χ1v) is 42.3. The largest absolute Gasteiger partial charge is 0.486 e. The van der Waals surface area contributed by atoms with Gasteiger partial charge < -0.3 is 18.9 Å². The van der Waals surface area contributed by atoms with Crippen molar-refractivity contribution in [2.75, 3.05) is 63.8 Å². The lowest BCUT2D eigenvalue weighted by Gasteiger charge is -2.38. The van der Waals surface area contributed by atoms with Crippen molar-refractivity contribution in [3.05, 3.63) is 198 Å². The number of anilines is 5. The number of nitrogens with zero attached hydrogens (tertiary/aromatic N) is 15. The van der Waals surface area contributed by atoms with Gasteiger partial charge >= 0.3 is 0 Å². The second kappa shape index (κ2) is 34.5. The van der Waals surface area contributed by atoms with Gasteiger partial charge in [-0.3, -0.25) is 53.2 Å². The number of halogens is 10. The van der Waals surface area contributed by atoms with Crippen molar-refractivity contribution in [2.24, 2.45) is 35.2 Å². The van der Waals surface area contributed by atoms with E-state index in [4.69, 9.17) is 42.1 Å². The highest BCUT2D eigenvalue weighted by molar-refractivity contribution is 9.12. The Balaban J connectivity index is 0.000000139. The Morgan fingerprint density at radius 2 is 0.768 bits per heavy atom. The van der Waals surface area contributed by atoms with Gasteiger partial charge in [-0.2, -0.15) is 25.5 Å². The number of fused-ring (bicyclic) bond motifs is 5. The van der Waals surface area contributed by atoms with Gasteiger partial charge in [0.1, 0.15) is 41.1 Å². The van der Waals surface area contributed by atoms with Crippen molar-refractivity contribution in [2.45, 2.75) is 113 Å². The lowest BCUT2D eigenvalue weighted by molar-refractivity contribution is 0.0828. The zero-order valence-electron chi connectivity index (χ0n) is 64.4. The van der Waals surface area contributed by atoms with Crippen LogP contribution in [0.4, 0.5) is 29.1 Å². The summed E-state index contributed by atoms with van der Waals surface area (Å²) in [5.74, 6) is 5.85. The summed E-state index contributed by atoms with van der Waals surface area (Å²) in [4.78, 5) is 73.7. The summed E-state index contributed by atoms with van der Waals surface area (Å²) in [5.41, 5.74) is 9.77. The summed E-state index contributed by atoms with van der Waals surface area (Å²) in [7, 11) is 9.11. The standard InChI is InChI=1S/C17H19Br2N3O2.2C16H17Br2N3O2.C15H15Br2N3O.C14H13Cl2N3O2/c1-9-12(18)6-11(7-13(9)19)16(23)22-8-17(3,4)24-14-10(2)20-21(5)15(14)22;1-9-11(17)5-10(6-12(9)18)15(22)21-8-16(2,3)23-13-7-19-20(4)14(13)21;1-8-7-21(15-14(23-8)10(3)19-20(15)4)16(22)11-5-12(17)9(2)13(18)6-11;1-9-12(16)6-11(7-13(9)17)15(21)20-5-3-4-10-8-18-19(2)14(10)20;1-8-10(15)5-9(6-11(8)16)14(20)19-3-4-21-12-7-17-18(2)13(12)19/h6-7H,8H2,1-5H3;5-7H,8H2,1-4H3;5-6,8H,7H2,1-4H3;6-8H,3-5H2,1-2H3;5-7H,3-4H2,1-2H3/t;;8-;;/m..0../s1. The third-order valence-corrected chi connectivity index (χ3v) is 26.5. The molecule has 0 N–H and O–H groups in total. The third-order valence-electron chi connectivity index (χ3n) is 19.2. The molecule has 0 bridgehead atoms. The van der Waals surface area contributed by atoms with E-state index >= 15 is 0 Å². The van der Waals surface area contributed by atoms with Crippen molar-refractivity contribution in [3.63, 3.8) is 0 Å². The summed E-state index contributed by atoms with van der Waals surface area (Å²) in [5, 5.41) is 22.4. The fourth-order valence-electron chi connectivity index (χ4n) is 13.3. The van der Waals surface area contributed by atoms with Crippen LogP contribution in [0.1, 0.15) is 138 Å². The fourth-order valence-corrected chi connectivity index (χ4v) is 18.5. The van der Waals surface area contributed by atoms with Crippen molar-refractivity contribution in [3.8, 4) is 23.0 Å². The molecule has 10 aromatic rings. The molecular formula is C78H81Br8Cl2N15O9. The van der Waals surface area contributed by atoms with Crippen molar-refractivity contribution in [1.29, 1.82) is 0 Å². The van der Waals surface area contributed by atoms with Crippen LogP contribution >= 0.6 is 151 Å². The molecule has 10 heterocycles.